The Balaban J connectivity index is 1.08. The average Bonchev–Trinajstić information content (AvgIpc) is 3.75. The SMILES string of the molecule is c1ccc(-c2ccc(-c3ccccc3N(c3ccc(-c4cc5ccccc5c5ccccc45)cc3)c3ccc(-c4ccc5ccccc5c4)c4oc5ccccc5c34)cc2)cc1. The highest BCUT2D eigenvalue weighted by atomic mass is 16.3. The summed E-state index contributed by atoms with van der Waals surface area (Å²) in [6.45, 7) is 0. The van der Waals surface area contributed by atoms with Crippen LogP contribution in [0.25, 0.3) is 98.8 Å². The molecule has 0 bridgehead atoms. The van der Waals surface area contributed by atoms with Gasteiger partial charge in [0.25, 0.3) is 0 Å². The summed E-state index contributed by atoms with van der Waals surface area (Å²) in [7, 11) is 0. The van der Waals surface area contributed by atoms with E-state index in [9.17, 15) is 0 Å². The Labute approximate surface area is 360 Å². The van der Waals surface area contributed by atoms with E-state index in [1.54, 1.807) is 0 Å². The standard InChI is InChI=1S/C60H39NO/c1-2-14-40(15-3-1)42-26-29-43(30-27-42)50-20-10-12-24-56(50)61(48-34-32-44(33-35-48)55-39-46-18-6-7-19-49(46)52-21-8-9-22-53(52)55)57-37-36-51(47-31-28-41-16-4-5-17-45(41)38-47)60-59(57)54-23-11-13-25-58(54)62-60/h1-39H. The smallest absolute Gasteiger partial charge is 0.145 e. The topological polar surface area (TPSA) is 16.4 Å². The minimum Gasteiger partial charge on any atom is -0.455 e. The van der Waals surface area contributed by atoms with Crippen LogP contribution in [-0.4, -0.2) is 0 Å². The average molecular weight is 790 g/mol. The van der Waals surface area contributed by atoms with Crippen molar-refractivity contribution in [3.8, 4) is 44.5 Å². The Morgan fingerprint density at radius 3 is 1.69 bits per heavy atom. The first-order valence-electron chi connectivity index (χ1n) is 21.2. The minimum atomic E-state index is 0.861. The van der Waals surface area contributed by atoms with Gasteiger partial charge in [0, 0.05) is 22.2 Å². The van der Waals surface area contributed by atoms with Crippen LogP contribution in [0.4, 0.5) is 17.1 Å². The molecule has 0 unspecified atom stereocenters. The molecule has 1 heterocycles. The van der Waals surface area contributed by atoms with E-state index in [4.69, 9.17) is 4.42 Å². The van der Waals surface area contributed by atoms with E-state index in [0.717, 1.165) is 61.3 Å². The summed E-state index contributed by atoms with van der Waals surface area (Å²) < 4.78 is 6.91. The normalized spacial score (nSPS) is 11.5. The van der Waals surface area contributed by atoms with Crippen molar-refractivity contribution in [1.29, 1.82) is 0 Å². The van der Waals surface area contributed by atoms with Gasteiger partial charge in [0.1, 0.15) is 11.2 Å². The van der Waals surface area contributed by atoms with Crippen LogP contribution >= 0.6 is 0 Å². The molecule has 0 amide bonds. The minimum absolute atomic E-state index is 0.861. The molecule has 0 aliphatic rings. The monoisotopic (exact) mass is 789 g/mol. The Bertz CT molecular complexity index is 3620. The fourth-order valence-electron chi connectivity index (χ4n) is 9.46. The van der Waals surface area contributed by atoms with Gasteiger partial charge in [-0.15, -0.1) is 0 Å². The third-order valence-electron chi connectivity index (χ3n) is 12.5. The zero-order valence-electron chi connectivity index (χ0n) is 33.9. The number of furan rings is 1. The molecule has 2 heteroatoms. The molecule has 0 saturated carbocycles. The molecule has 0 radical (unpaired) electrons. The summed E-state index contributed by atoms with van der Waals surface area (Å²) in [6, 6.07) is 85.4. The van der Waals surface area contributed by atoms with Crippen molar-refractivity contribution in [3.05, 3.63) is 237 Å². The molecule has 0 N–H and O–H groups in total. The number of hydrogen-bond donors (Lipinski definition) is 0. The van der Waals surface area contributed by atoms with Crippen LogP contribution in [0.1, 0.15) is 0 Å². The van der Waals surface area contributed by atoms with Gasteiger partial charge in [-0.25, -0.2) is 0 Å². The van der Waals surface area contributed by atoms with E-state index in [-0.39, 0.29) is 0 Å². The number of hydrogen-bond acceptors (Lipinski definition) is 2. The lowest BCUT2D eigenvalue weighted by molar-refractivity contribution is 0.670. The second-order valence-corrected chi connectivity index (χ2v) is 16.0. The van der Waals surface area contributed by atoms with E-state index in [2.05, 4.69) is 241 Å². The molecule has 11 aromatic carbocycles. The Morgan fingerprint density at radius 1 is 0.290 bits per heavy atom. The molecule has 0 aliphatic carbocycles. The van der Waals surface area contributed by atoms with E-state index in [1.165, 1.54) is 54.6 Å². The van der Waals surface area contributed by atoms with Gasteiger partial charge in [0.05, 0.1) is 16.8 Å². The highest BCUT2D eigenvalue weighted by Crippen LogP contribution is 2.49. The molecular formula is C60H39NO. The quantitative estimate of drug-likeness (QED) is 0.150. The second-order valence-electron chi connectivity index (χ2n) is 16.0. The number of benzene rings is 11. The molecule has 0 spiro atoms. The van der Waals surface area contributed by atoms with Crippen LogP contribution in [-0.2, 0) is 0 Å². The Hall–Kier alpha value is -8.20. The van der Waals surface area contributed by atoms with Crippen molar-refractivity contribution < 1.29 is 4.42 Å². The third kappa shape index (κ3) is 6.04. The van der Waals surface area contributed by atoms with Gasteiger partial charge in [-0.3, -0.25) is 0 Å². The summed E-state index contributed by atoms with van der Waals surface area (Å²) in [5, 5.41) is 9.58. The number of fused-ring (bicyclic) bond motifs is 7. The van der Waals surface area contributed by atoms with Crippen LogP contribution in [0.2, 0.25) is 0 Å². The van der Waals surface area contributed by atoms with Crippen molar-refractivity contribution in [2.24, 2.45) is 0 Å². The highest BCUT2D eigenvalue weighted by Gasteiger charge is 2.24. The summed E-state index contributed by atoms with van der Waals surface area (Å²) >= 11 is 0. The first-order chi connectivity index (χ1) is 30.7. The first-order valence-corrected chi connectivity index (χ1v) is 21.2. The molecule has 12 rings (SSSR count). The molecule has 0 fully saturated rings. The van der Waals surface area contributed by atoms with Crippen LogP contribution in [0.5, 0.6) is 0 Å². The summed E-state index contributed by atoms with van der Waals surface area (Å²) in [5.41, 5.74) is 14.2. The summed E-state index contributed by atoms with van der Waals surface area (Å²) in [5.74, 6) is 0. The van der Waals surface area contributed by atoms with Crippen molar-refractivity contribution >= 4 is 71.3 Å². The zero-order chi connectivity index (χ0) is 41.0. The van der Waals surface area contributed by atoms with Gasteiger partial charge in [-0.05, 0) is 114 Å². The first kappa shape index (κ1) is 35.7. The van der Waals surface area contributed by atoms with Gasteiger partial charge < -0.3 is 9.32 Å². The molecular weight excluding hydrogens is 751 g/mol. The van der Waals surface area contributed by atoms with Crippen LogP contribution < -0.4 is 4.90 Å². The molecule has 0 aliphatic heterocycles. The van der Waals surface area contributed by atoms with Gasteiger partial charge >= 0.3 is 0 Å². The lowest BCUT2D eigenvalue weighted by atomic mass is 9.93. The Morgan fingerprint density at radius 2 is 0.871 bits per heavy atom. The largest absolute Gasteiger partial charge is 0.455 e. The molecule has 0 saturated heterocycles. The van der Waals surface area contributed by atoms with Gasteiger partial charge in [-0.1, -0.05) is 188 Å². The van der Waals surface area contributed by atoms with Gasteiger partial charge in [0.15, 0.2) is 0 Å². The van der Waals surface area contributed by atoms with Crippen LogP contribution in [0.3, 0.4) is 0 Å². The van der Waals surface area contributed by atoms with Crippen molar-refractivity contribution in [2.45, 2.75) is 0 Å². The molecule has 12 aromatic rings. The molecule has 2 nitrogen and oxygen atoms in total. The van der Waals surface area contributed by atoms with Crippen molar-refractivity contribution in [2.75, 3.05) is 4.90 Å². The fraction of sp³-hybridized carbons (Fsp3) is 0. The van der Waals surface area contributed by atoms with Gasteiger partial charge in [-0.2, -0.15) is 0 Å². The van der Waals surface area contributed by atoms with Crippen molar-refractivity contribution in [1.82, 2.24) is 0 Å². The van der Waals surface area contributed by atoms with E-state index in [1.807, 2.05) is 0 Å². The third-order valence-corrected chi connectivity index (χ3v) is 12.5. The summed E-state index contributed by atoms with van der Waals surface area (Å²) in [4.78, 5) is 2.43. The second kappa shape index (κ2) is 14.8. The zero-order valence-corrected chi connectivity index (χ0v) is 33.9. The van der Waals surface area contributed by atoms with Crippen LogP contribution in [0, 0.1) is 0 Å². The number of para-hydroxylation sites is 2. The molecule has 1 aromatic heterocycles. The summed E-state index contributed by atoms with van der Waals surface area (Å²) in [6.07, 6.45) is 0. The van der Waals surface area contributed by atoms with Crippen molar-refractivity contribution in [3.63, 3.8) is 0 Å². The lowest BCUT2D eigenvalue weighted by Gasteiger charge is -2.29. The maximum absolute atomic E-state index is 6.91. The number of rotatable bonds is 7. The fourth-order valence-corrected chi connectivity index (χ4v) is 9.46. The maximum Gasteiger partial charge on any atom is 0.145 e. The predicted molar refractivity (Wildman–Crippen MR) is 263 cm³/mol. The van der Waals surface area contributed by atoms with E-state index >= 15 is 0 Å². The molecule has 62 heavy (non-hydrogen) atoms. The predicted octanol–water partition coefficient (Wildman–Crippen LogP) is 17.2. The van der Waals surface area contributed by atoms with Gasteiger partial charge in [0.2, 0.25) is 0 Å². The maximum atomic E-state index is 6.91. The van der Waals surface area contributed by atoms with Crippen LogP contribution in [0.15, 0.2) is 241 Å². The highest BCUT2D eigenvalue weighted by molar-refractivity contribution is 6.18. The molecule has 0 atom stereocenters. The molecule has 290 valence electrons. The number of nitrogens with zero attached hydrogens (tertiary/aromatic N) is 1. The van der Waals surface area contributed by atoms with E-state index < -0.39 is 0 Å². The lowest BCUT2D eigenvalue weighted by Crippen LogP contribution is -2.11. The van der Waals surface area contributed by atoms with E-state index in [0.29, 0.717) is 0 Å². The Kier molecular flexibility index (Phi) is 8.53. The number of anilines is 3.